The van der Waals surface area contributed by atoms with Crippen molar-refractivity contribution in [2.75, 3.05) is 5.32 Å². The van der Waals surface area contributed by atoms with Gasteiger partial charge in [-0.1, -0.05) is 24.4 Å². The van der Waals surface area contributed by atoms with Gasteiger partial charge in [0.1, 0.15) is 10.8 Å². The van der Waals surface area contributed by atoms with Crippen LogP contribution in [0.2, 0.25) is 0 Å². The monoisotopic (exact) mass is 306 g/mol. The first-order chi connectivity index (χ1) is 9.91. The molecule has 5 nitrogen and oxygen atoms in total. The number of hydrogen-bond acceptors (Lipinski definition) is 4. The van der Waals surface area contributed by atoms with Crippen LogP contribution in [0.3, 0.4) is 0 Å². The summed E-state index contributed by atoms with van der Waals surface area (Å²) in [5.41, 5.74) is 5.26. The molecule has 0 atom stereocenters. The van der Waals surface area contributed by atoms with Crippen molar-refractivity contribution in [2.45, 2.75) is 0 Å². The number of phenols is 2. The Bertz CT molecular complexity index is 734. The number of aromatic hydroxyl groups is 2. The van der Waals surface area contributed by atoms with Gasteiger partial charge in [-0.05, 0) is 24.3 Å². The molecule has 2 aromatic carbocycles. The van der Waals surface area contributed by atoms with Gasteiger partial charge in [0.05, 0.1) is 16.8 Å². The van der Waals surface area contributed by atoms with E-state index in [-0.39, 0.29) is 21.8 Å². The molecule has 0 radical (unpaired) electrons. The van der Waals surface area contributed by atoms with Crippen molar-refractivity contribution in [3.05, 3.63) is 53.3 Å². The minimum Gasteiger partial charge on any atom is -0.504 e. The van der Waals surface area contributed by atoms with Gasteiger partial charge in [0, 0.05) is 0 Å². The van der Waals surface area contributed by atoms with Crippen molar-refractivity contribution in [3.8, 4) is 11.5 Å². The molecular weight excluding hydrogens is 295 g/mol. The lowest BCUT2D eigenvalue weighted by molar-refractivity contribution is 0.102. The molecule has 0 aromatic heterocycles. The molecular formula is C14H11FN2O3S. The fraction of sp³-hybridized carbons (Fsp3) is 0. The second kappa shape index (κ2) is 5.76. The second-order valence-electron chi connectivity index (χ2n) is 4.15. The van der Waals surface area contributed by atoms with Gasteiger partial charge in [0.25, 0.3) is 5.91 Å². The van der Waals surface area contributed by atoms with E-state index < -0.39 is 23.2 Å². The lowest BCUT2D eigenvalue weighted by atomic mass is 10.1. The van der Waals surface area contributed by atoms with E-state index in [1.165, 1.54) is 30.3 Å². The third-order valence-corrected chi connectivity index (χ3v) is 2.97. The summed E-state index contributed by atoms with van der Waals surface area (Å²) in [5.74, 6) is -2.40. The fourth-order valence-corrected chi connectivity index (χ4v) is 1.99. The number of rotatable bonds is 3. The summed E-state index contributed by atoms with van der Waals surface area (Å²) in [5, 5.41) is 21.4. The van der Waals surface area contributed by atoms with E-state index in [1.807, 2.05) is 0 Å². The summed E-state index contributed by atoms with van der Waals surface area (Å²) in [4.78, 5) is 11.9. The number of hydrogen-bond donors (Lipinski definition) is 4. The van der Waals surface area contributed by atoms with Crippen LogP contribution in [0.25, 0.3) is 0 Å². The van der Waals surface area contributed by atoms with Gasteiger partial charge in [-0.2, -0.15) is 0 Å². The molecule has 7 heteroatoms. The van der Waals surface area contributed by atoms with Crippen molar-refractivity contribution in [1.29, 1.82) is 0 Å². The van der Waals surface area contributed by atoms with Crippen LogP contribution in [0.15, 0.2) is 36.4 Å². The van der Waals surface area contributed by atoms with E-state index in [4.69, 9.17) is 18.0 Å². The molecule has 1 amide bonds. The van der Waals surface area contributed by atoms with Gasteiger partial charge in [-0.15, -0.1) is 0 Å². The fourth-order valence-electron chi connectivity index (χ4n) is 1.78. The molecule has 2 aromatic rings. The maximum atomic E-state index is 13.7. The SMILES string of the molecule is NC(=S)c1c(F)cccc1NC(=O)c1cccc(O)c1O. The van der Waals surface area contributed by atoms with Crippen LogP contribution in [0, 0.1) is 5.82 Å². The standard InChI is InChI=1S/C14H11FN2O3S/c15-8-4-2-5-9(11(8)13(16)21)17-14(20)7-3-1-6-10(18)12(7)19/h1-6,18-19H,(H2,16,21)(H,17,20). The first kappa shape index (κ1) is 14.7. The van der Waals surface area contributed by atoms with Crippen molar-refractivity contribution >= 4 is 28.8 Å². The lowest BCUT2D eigenvalue weighted by Gasteiger charge is -2.12. The molecule has 0 fully saturated rings. The molecule has 21 heavy (non-hydrogen) atoms. The number of para-hydroxylation sites is 1. The van der Waals surface area contributed by atoms with Gasteiger partial charge in [0.15, 0.2) is 11.5 Å². The van der Waals surface area contributed by atoms with Crippen LogP contribution in [0.5, 0.6) is 11.5 Å². The van der Waals surface area contributed by atoms with Gasteiger partial charge in [-0.25, -0.2) is 4.39 Å². The first-order valence-electron chi connectivity index (χ1n) is 5.82. The Labute approximate surface area is 124 Å². The van der Waals surface area contributed by atoms with Crippen molar-refractivity contribution in [1.82, 2.24) is 0 Å². The number of phenolic OH excluding ortho intramolecular Hbond substituents is 2. The average Bonchev–Trinajstić information content (AvgIpc) is 2.41. The maximum absolute atomic E-state index is 13.7. The van der Waals surface area contributed by atoms with E-state index in [1.54, 1.807) is 0 Å². The molecule has 0 aliphatic rings. The van der Waals surface area contributed by atoms with Crippen molar-refractivity contribution in [2.24, 2.45) is 5.73 Å². The predicted octanol–water partition coefficient (Wildman–Crippen LogP) is 2.12. The average molecular weight is 306 g/mol. The summed E-state index contributed by atoms with van der Waals surface area (Å²) >= 11 is 4.75. The molecule has 0 saturated heterocycles. The van der Waals surface area contributed by atoms with Gasteiger partial charge in [-0.3, -0.25) is 4.79 Å². The van der Waals surface area contributed by atoms with E-state index in [0.717, 1.165) is 6.07 Å². The maximum Gasteiger partial charge on any atom is 0.259 e. The van der Waals surface area contributed by atoms with E-state index in [9.17, 15) is 19.4 Å². The molecule has 0 bridgehead atoms. The summed E-state index contributed by atoms with van der Waals surface area (Å²) in [6, 6.07) is 7.91. The first-order valence-corrected chi connectivity index (χ1v) is 6.23. The third kappa shape index (κ3) is 2.92. The number of amides is 1. The Morgan fingerprint density at radius 1 is 1.19 bits per heavy atom. The van der Waals surface area contributed by atoms with E-state index in [0.29, 0.717) is 0 Å². The van der Waals surface area contributed by atoms with E-state index >= 15 is 0 Å². The summed E-state index contributed by atoms with van der Waals surface area (Å²) in [7, 11) is 0. The summed E-state index contributed by atoms with van der Waals surface area (Å²) < 4.78 is 13.7. The highest BCUT2D eigenvalue weighted by molar-refractivity contribution is 7.80. The minimum absolute atomic E-state index is 0.0789. The minimum atomic E-state index is -0.730. The smallest absolute Gasteiger partial charge is 0.259 e. The predicted molar refractivity (Wildman–Crippen MR) is 80.0 cm³/mol. The van der Waals surface area contributed by atoms with E-state index in [2.05, 4.69) is 5.32 Å². The number of halogens is 1. The molecule has 0 unspecified atom stereocenters. The number of nitrogens with two attached hydrogens (primary N) is 1. The van der Waals surface area contributed by atoms with Crippen LogP contribution in [0.1, 0.15) is 15.9 Å². The van der Waals surface area contributed by atoms with Crippen LogP contribution in [-0.2, 0) is 0 Å². The van der Waals surface area contributed by atoms with Crippen LogP contribution in [-0.4, -0.2) is 21.1 Å². The number of carbonyl (C=O) groups excluding carboxylic acids is 1. The Morgan fingerprint density at radius 3 is 2.52 bits per heavy atom. The zero-order valence-corrected chi connectivity index (χ0v) is 11.4. The Morgan fingerprint density at radius 2 is 1.86 bits per heavy atom. The van der Waals surface area contributed by atoms with Crippen LogP contribution < -0.4 is 11.1 Å². The molecule has 108 valence electrons. The molecule has 0 aliphatic carbocycles. The molecule has 2 rings (SSSR count). The normalized spacial score (nSPS) is 10.1. The highest BCUT2D eigenvalue weighted by Crippen LogP contribution is 2.29. The summed E-state index contributed by atoms with van der Waals surface area (Å²) in [6.07, 6.45) is 0. The highest BCUT2D eigenvalue weighted by atomic mass is 32.1. The molecule has 0 saturated carbocycles. The highest BCUT2D eigenvalue weighted by Gasteiger charge is 2.17. The number of benzene rings is 2. The Kier molecular flexibility index (Phi) is 4.04. The quantitative estimate of drug-likeness (QED) is 0.514. The molecule has 0 aliphatic heterocycles. The zero-order chi connectivity index (χ0) is 15.6. The summed E-state index contributed by atoms with van der Waals surface area (Å²) in [6.45, 7) is 0. The Balaban J connectivity index is 2.39. The number of nitrogens with one attached hydrogen (secondary N) is 1. The topological polar surface area (TPSA) is 95.6 Å². The lowest BCUT2D eigenvalue weighted by Crippen LogP contribution is -2.19. The second-order valence-corrected chi connectivity index (χ2v) is 4.59. The van der Waals surface area contributed by atoms with Crippen molar-refractivity contribution in [3.63, 3.8) is 0 Å². The van der Waals surface area contributed by atoms with Gasteiger partial charge < -0.3 is 21.3 Å². The third-order valence-electron chi connectivity index (χ3n) is 2.77. The molecule has 0 spiro atoms. The zero-order valence-electron chi connectivity index (χ0n) is 10.6. The van der Waals surface area contributed by atoms with Gasteiger partial charge in [0.2, 0.25) is 0 Å². The number of anilines is 1. The van der Waals surface area contributed by atoms with Crippen molar-refractivity contribution < 1.29 is 19.4 Å². The van der Waals surface area contributed by atoms with Crippen LogP contribution >= 0.6 is 12.2 Å². The molecule has 5 N–H and O–H groups in total. The Hall–Kier alpha value is -2.67. The largest absolute Gasteiger partial charge is 0.504 e. The van der Waals surface area contributed by atoms with Crippen LogP contribution in [0.4, 0.5) is 10.1 Å². The van der Waals surface area contributed by atoms with Gasteiger partial charge >= 0.3 is 0 Å². The number of carbonyl (C=O) groups is 1. The number of thiocarbonyl (C=S) groups is 1. The molecule has 0 heterocycles.